The Morgan fingerprint density at radius 3 is 2.35 bits per heavy atom. The number of amides is 1. The van der Waals surface area contributed by atoms with Crippen molar-refractivity contribution in [2.75, 3.05) is 16.6 Å². The molecule has 11 heteroatoms. The van der Waals surface area contributed by atoms with E-state index in [9.17, 15) is 31.2 Å². The first-order chi connectivity index (χ1) is 16.0. The van der Waals surface area contributed by atoms with Crippen LogP contribution in [0.4, 0.5) is 24.5 Å². The summed E-state index contributed by atoms with van der Waals surface area (Å²) in [5.74, 6) is -2.01. The first-order valence-electron chi connectivity index (χ1n) is 9.78. The summed E-state index contributed by atoms with van der Waals surface area (Å²) in [6.45, 7) is 0.926. The molecule has 3 aromatic carbocycles. The number of nitrogens with one attached hydrogen (secondary N) is 2. The van der Waals surface area contributed by atoms with Crippen molar-refractivity contribution < 1.29 is 35.9 Å². The van der Waals surface area contributed by atoms with Crippen molar-refractivity contribution in [3.05, 3.63) is 89.5 Å². The molecule has 0 fully saturated rings. The van der Waals surface area contributed by atoms with E-state index in [0.717, 1.165) is 23.8 Å². The summed E-state index contributed by atoms with van der Waals surface area (Å²) in [5, 5.41) is 2.05. The molecule has 34 heavy (non-hydrogen) atoms. The van der Waals surface area contributed by atoms with E-state index in [0.29, 0.717) is 5.69 Å². The fourth-order valence-corrected chi connectivity index (χ4v) is 4.05. The third-order valence-corrected chi connectivity index (χ3v) is 5.87. The zero-order valence-electron chi connectivity index (χ0n) is 17.7. The SMILES string of the molecule is Cc1cccc(NS(=O)(=O)c2cccc(C(=O)OCC(=O)Nc3ccccc3C(F)(F)F)c2)c1. The van der Waals surface area contributed by atoms with Gasteiger partial charge in [0.15, 0.2) is 6.61 Å². The summed E-state index contributed by atoms with van der Waals surface area (Å²) < 4.78 is 71.6. The number of sulfonamides is 1. The number of ether oxygens (including phenoxy) is 1. The van der Waals surface area contributed by atoms with E-state index in [1.54, 1.807) is 31.2 Å². The van der Waals surface area contributed by atoms with Gasteiger partial charge in [-0.25, -0.2) is 13.2 Å². The van der Waals surface area contributed by atoms with Crippen LogP contribution in [0.15, 0.2) is 77.7 Å². The lowest BCUT2D eigenvalue weighted by Crippen LogP contribution is -2.23. The lowest BCUT2D eigenvalue weighted by atomic mass is 10.1. The fraction of sp³-hybridized carbons (Fsp3) is 0.130. The van der Waals surface area contributed by atoms with Gasteiger partial charge in [0.25, 0.3) is 15.9 Å². The van der Waals surface area contributed by atoms with Crippen LogP contribution < -0.4 is 10.0 Å². The van der Waals surface area contributed by atoms with Crippen LogP contribution >= 0.6 is 0 Å². The van der Waals surface area contributed by atoms with Crippen molar-refractivity contribution in [1.29, 1.82) is 0 Å². The molecule has 0 unspecified atom stereocenters. The molecular formula is C23H19F3N2O5S. The van der Waals surface area contributed by atoms with Crippen LogP contribution in [0.3, 0.4) is 0 Å². The standard InChI is InChI=1S/C23H19F3N2O5S/c1-15-6-4-8-17(12-15)28-34(31,32)18-9-5-7-16(13-18)22(30)33-14-21(29)27-20-11-3-2-10-19(20)23(24,25)26/h2-13,28H,14H2,1H3,(H,27,29). The summed E-state index contributed by atoms with van der Waals surface area (Å²) in [6.07, 6.45) is -4.68. The fourth-order valence-electron chi connectivity index (χ4n) is 2.95. The molecule has 0 aliphatic heterocycles. The lowest BCUT2D eigenvalue weighted by Gasteiger charge is -2.13. The Morgan fingerprint density at radius 1 is 0.941 bits per heavy atom. The molecule has 0 radical (unpaired) electrons. The van der Waals surface area contributed by atoms with Crippen LogP contribution in [0.25, 0.3) is 0 Å². The predicted molar refractivity (Wildman–Crippen MR) is 119 cm³/mol. The average molecular weight is 492 g/mol. The van der Waals surface area contributed by atoms with E-state index in [1.165, 1.54) is 30.3 Å². The number of para-hydroxylation sites is 1. The second kappa shape index (κ2) is 9.96. The van der Waals surface area contributed by atoms with Gasteiger partial charge in [-0.15, -0.1) is 0 Å². The van der Waals surface area contributed by atoms with Gasteiger partial charge in [-0.1, -0.05) is 30.3 Å². The lowest BCUT2D eigenvalue weighted by molar-refractivity contribution is -0.137. The quantitative estimate of drug-likeness (QED) is 0.469. The van der Waals surface area contributed by atoms with Gasteiger partial charge in [0.1, 0.15) is 0 Å². The minimum atomic E-state index is -4.68. The van der Waals surface area contributed by atoms with Gasteiger partial charge in [0.2, 0.25) is 0 Å². The maximum atomic E-state index is 13.0. The van der Waals surface area contributed by atoms with Gasteiger partial charge in [0, 0.05) is 5.69 Å². The Bertz CT molecular complexity index is 1320. The Morgan fingerprint density at radius 2 is 1.65 bits per heavy atom. The molecule has 3 aromatic rings. The number of esters is 1. The number of benzene rings is 3. The van der Waals surface area contributed by atoms with Crippen molar-refractivity contribution in [3.63, 3.8) is 0 Å². The van der Waals surface area contributed by atoms with Crippen LogP contribution in [0.5, 0.6) is 0 Å². The minimum Gasteiger partial charge on any atom is -0.452 e. The molecule has 0 saturated heterocycles. The molecule has 0 aliphatic rings. The van der Waals surface area contributed by atoms with E-state index in [1.807, 2.05) is 5.32 Å². The van der Waals surface area contributed by atoms with Crippen LogP contribution in [-0.2, 0) is 25.7 Å². The number of halogens is 3. The highest BCUT2D eigenvalue weighted by molar-refractivity contribution is 7.92. The summed E-state index contributed by atoms with van der Waals surface area (Å²) >= 11 is 0. The number of rotatable bonds is 7. The van der Waals surface area contributed by atoms with Gasteiger partial charge in [0.05, 0.1) is 21.7 Å². The molecule has 3 rings (SSSR count). The predicted octanol–water partition coefficient (Wildman–Crippen LogP) is 4.61. The third-order valence-electron chi connectivity index (χ3n) is 4.49. The second-order valence-electron chi connectivity index (χ2n) is 7.17. The summed E-state index contributed by atoms with van der Waals surface area (Å²) in [7, 11) is -4.02. The highest BCUT2D eigenvalue weighted by Crippen LogP contribution is 2.34. The molecule has 7 nitrogen and oxygen atoms in total. The van der Waals surface area contributed by atoms with Crippen LogP contribution in [-0.4, -0.2) is 26.9 Å². The van der Waals surface area contributed by atoms with Crippen LogP contribution in [0.1, 0.15) is 21.5 Å². The molecule has 1 amide bonds. The normalized spacial score (nSPS) is 11.5. The Balaban J connectivity index is 1.66. The minimum absolute atomic E-state index is 0.157. The van der Waals surface area contributed by atoms with E-state index < -0.39 is 45.9 Å². The average Bonchev–Trinajstić information content (AvgIpc) is 2.77. The van der Waals surface area contributed by atoms with E-state index in [-0.39, 0.29) is 10.5 Å². The molecular weight excluding hydrogens is 473 g/mol. The number of hydrogen-bond acceptors (Lipinski definition) is 5. The van der Waals surface area contributed by atoms with Crippen molar-refractivity contribution in [1.82, 2.24) is 0 Å². The zero-order valence-corrected chi connectivity index (χ0v) is 18.5. The van der Waals surface area contributed by atoms with Crippen molar-refractivity contribution >= 4 is 33.3 Å². The molecule has 0 aromatic heterocycles. The highest BCUT2D eigenvalue weighted by atomic mass is 32.2. The largest absolute Gasteiger partial charge is 0.452 e. The first kappa shape index (κ1) is 24.8. The molecule has 0 heterocycles. The van der Waals surface area contributed by atoms with Crippen LogP contribution in [0, 0.1) is 6.92 Å². The monoisotopic (exact) mass is 492 g/mol. The number of anilines is 2. The number of carbonyl (C=O) groups is 2. The van der Waals surface area contributed by atoms with Gasteiger partial charge < -0.3 is 10.1 Å². The van der Waals surface area contributed by atoms with Crippen molar-refractivity contribution in [2.45, 2.75) is 18.0 Å². The van der Waals surface area contributed by atoms with Crippen molar-refractivity contribution in [3.8, 4) is 0 Å². The molecule has 0 bridgehead atoms. The van der Waals surface area contributed by atoms with Crippen molar-refractivity contribution in [2.24, 2.45) is 0 Å². The van der Waals surface area contributed by atoms with E-state index in [2.05, 4.69) is 4.72 Å². The highest BCUT2D eigenvalue weighted by Gasteiger charge is 2.33. The maximum Gasteiger partial charge on any atom is 0.418 e. The summed E-state index contributed by atoms with van der Waals surface area (Å²) in [4.78, 5) is 24.1. The van der Waals surface area contributed by atoms with Gasteiger partial charge >= 0.3 is 12.1 Å². The number of alkyl halides is 3. The first-order valence-corrected chi connectivity index (χ1v) is 11.3. The van der Waals surface area contributed by atoms with Crippen LogP contribution in [0.2, 0.25) is 0 Å². The molecule has 178 valence electrons. The molecule has 2 N–H and O–H groups in total. The van der Waals surface area contributed by atoms with Gasteiger partial charge in [-0.05, 0) is 55.0 Å². The van der Waals surface area contributed by atoms with E-state index >= 15 is 0 Å². The van der Waals surface area contributed by atoms with Gasteiger partial charge in [-0.2, -0.15) is 13.2 Å². The van der Waals surface area contributed by atoms with E-state index in [4.69, 9.17) is 4.74 Å². The Hall–Kier alpha value is -3.86. The Kier molecular flexibility index (Phi) is 7.26. The smallest absolute Gasteiger partial charge is 0.418 e. The zero-order chi connectivity index (χ0) is 24.9. The number of aryl methyl sites for hydroxylation is 1. The molecule has 0 saturated carbocycles. The summed E-state index contributed by atoms with van der Waals surface area (Å²) in [6, 6.07) is 16.0. The molecule has 0 spiro atoms. The molecule has 0 aliphatic carbocycles. The number of carbonyl (C=O) groups excluding carboxylic acids is 2. The molecule has 0 atom stereocenters. The number of hydrogen-bond donors (Lipinski definition) is 2. The maximum absolute atomic E-state index is 13.0. The topological polar surface area (TPSA) is 102 Å². The second-order valence-corrected chi connectivity index (χ2v) is 8.85. The third kappa shape index (κ3) is 6.35. The van der Waals surface area contributed by atoms with Gasteiger partial charge in [-0.3, -0.25) is 9.52 Å². The Labute approximate surface area is 193 Å². The summed E-state index contributed by atoms with van der Waals surface area (Å²) in [5.41, 5.74) is -0.506.